The van der Waals surface area contributed by atoms with Crippen LogP contribution in [0.2, 0.25) is 0 Å². The van der Waals surface area contributed by atoms with Crippen molar-refractivity contribution in [1.29, 1.82) is 0 Å². The number of hydrogen-bond acceptors (Lipinski definition) is 4. The Labute approximate surface area is 146 Å². The molecule has 0 aromatic carbocycles. The highest BCUT2D eigenvalue weighted by Crippen LogP contribution is 2.41. The third kappa shape index (κ3) is 4.48. The second kappa shape index (κ2) is 7.69. The zero-order valence-electron chi connectivity index (χ0n) is 15.6. The van der Waals surface area contributed by atoms with Crippen LogP contribution in [0, 0.1) is 5.92 Å². The van der Waals surface area contributed by atoms with Gasteiger partial charge in [0.2, 0.25) is 0 Å². The van der Waals surface area contributed by atoms with E-state index in [1.807, 2.05) is 6.92 Å². The molecule has 0 aliphatic carbocycles. The maximum atomic E-state index is 10.7. The van der Waals surface area contributed by atoms with Crippen LogP contribution in [0.5, 0.6) is 0 Å². The van der Waals surface area contributed by atoms with Crippen molar-refractivity contribution in [1.82, 2.24) is 0 Å². The highest BCUT2D eigenvalue weighted by atomic mass is 16.5. The number of rotatable bonds is 2. The number of ether oxygens (including phenoxy) is 1. The standard InChI is InChI=1S/C20H34O4/c1-14-6-5-7-15(2)12-17-16(19(3,23)13-21)10-11-20(4,24-17)18(22)9-8-14/h6,12,16-18,21-23H,5,7-11,13H2,1-4H3. The minimum Gasteiger partial charge on any atom is -0.393 e. The fourth-order valence-electron chi connectivity index (χ4n) is 3.92. The molecule has 0 aromatic rings. The van der Waals surface area contributed by atoms with E-state index < -0.39 is 17.3 Å². The van der Waals surface area contributed by atoms with E-state index in [1.165, 1.54) is 11.1 Å². The van der Waals surface area contributed by atoms with E-state index in [-0.39, 0.29) is 18.6 Å². The van der Waals surface area contributed by atoms with Gasteiger partial charge in [0.05, 0.1) is 30.0 Å². The molecule has 2 heterocycles. The van der Waals surface area contributed by atoms with Gasteiger partial charge in [-0.1, -0.05) is 23.3 Å². The molecule has 1 saturated heterocycles. The predicted octanol–water partition coefficient (Wildman–Crippen LogP) is 3.11. The number of hydrogen-bond donors (Lipinski definition) is 3. The molecule has 5 unspecified atom stereocenters. The van der Waals surface area contributed by atoms with E-state index in [2.05, 4.69) is 26.0 Å². The van der Waals surface area contributed by atoms with E-state index >= 15 is 0 Å². The van der Waals surface area contributed by atoms with Gasteiger partial charge >= 0.3 is 0 Å². The fourth-order valence-corrected chi connectivity index (χ4v) is 3.92. The summed E-state index contributed by atoms with van der Waals surface area (Å²) in [4.78, 5) is 0. The molecule has 0 spiro atoms. The lowest BCUT2D eigenvalue weighted by Gasteiger charge is -2.48. The third-order valence-electron chi connectivity index (χ3n) is 5.87. The summed E-state index contributed by atoms with van der Waals surface area (Å²) in [6.45, 7) is 7.57. The Kier molecular flexibility index (Phi) is 6.29. The Morgan fingerprint density at radius 1 is 1.25 bits per heavy atom. The molecule has 138 valence electrons. The molecule has 0 radical (unpaired) electrons. The van der Waals surface area contributed by atoms with Gasteiger partial charge in [0.25, 0.3) is 0 Å². The van der Waals surface area contributed by atoms with Gasteiger partial charge in [-0.25, -0.2) is 0 Å². The summed E-state index contributed by atoms with van der Waals surface area (Å²) < 4.78 is 6.35. The van der Waals surface area contributed by atoms with E-state index in [0.29, 0.717) is 12.8 Å². The maximum absolute atomic E-state index is 10.7. The SMILES string of the molecule is CC1=CC2OC(C)(CCC2C(C)(O)CO)C(O)CCC(C)=CCC1. The average Bonchev–Trinajstić information content (AvgIpc) is 2.51. The summed E-state index contributed by atoms with van der Waals surface area (Å²) in [5.41, 5.74) is 0.756. The lowest BCUT2D eigenvalue weighted by atomic mass is 9.74. The lowest BCUT2D eigenvalue weighted by Crippen LogP contribution is -2.55. The number of aliphatic hydroxyl groups is 3. The molecule has 3 N–H and O–H groups in total. The quantitative estimate of drug-likeness (QED) is 0.677. The Balaban J connectivity index is 2.33. The van der Waals surface area contributed by atoms with Crippen LogP contribution in [-0.2, 0) is 4.74 Å². The van der Waals surface area contributed by atoms with Crippen LogP contribution in [0.25, 0.3) is 0 Å². The molecule has 5 atom stereocenters. The van der Waals surface area contributed by atoms with Crippen LogP contribution < -0.4 is 0 Å². The molecule has 2 aliphatic rings. The largest absolute Gasteiger partial charge is 0.393 e. The van der Waals surface area contributed by atoms with Gasteiger partial charge in [-0.2, -0.15) is 0 Å². The summed E-state index contributed by atoms with van der Waals surface area (Å²) in [5, 5.41) is 30.9. The van der Waals surface area contributed by atoms with Crippen molar-refractivity contribution in [2.45, 2.75) is 89.6 Å². The highest BCUT2D eigenvalue weighted by molar-refractivity contribution is 5.12. The summed E-state index contributed by atoms with van der Waals surface area (Å²) >= 11 is 0. The first kappa shape index (κ1) is 19.6. The molecule has 4 heteroatoms. The summed E-state index contributed by atoms with van der Waals surface area (Å²) in [7, 11) is 0. The number of fused-ring (bicyclic) bond motifs is 2. The smallest absolute Gasteiger partial charge is 0.0920 e. The molecule has 0 saturated carbocycles. The molecule has 4 nitrogen and oxygen atoms in total. The maximum Gasteiger partial charge on any atom is 0.0920 e. The van der Waals surface area contributed by atoms with Crippen molar-refractivity contribution >= 4 is 0 Å². The van der Waals surface area contributed by atoms with Crippen LogP contribution in [0.3, 0.4) is 0 Å². The number of allylic oxidation sites excluding steroid dienone is 3. The van der Waals surface area contributed by atoms with E-state index in [0.717, 1.165) is 25.7 Å². The van der Waals surface area contributed by atoms with E-state index in [4.69, 9.17) is 4.74 Å². The van der Waals surface area contributed by atoms with Crippen molar-refractivity contribution in [2.24, 2.45) is 5.92 Å². The first-order valence-corrected chi connectivity index (χ1v) is 9.20. The molecule has 2 rings (SSSR count). The van der Waals surface area contributed by atoms with Crippen molar-refractivity contribution in [3.05, 3.63) is 23.3 Å². The van der Waals surface area contributed by atoms with Crippen molar-refractivity contribution < 1.29 is 20.1 Å². The van der Waals surface area contributed by atoms with Crippen molar-refractivity contribution in [3.8, 4) is 0 Å². The second-order valence-electron chi connectivity index (χ2n) is 8.21. The Morgan fingerprint density at radius 2 is 1.96 bits per heavy atom. The molecule has 0 aromatic heterocycles. The molecule has 1 fully saturated rings. The lowest BCUT2D eigenvalue weighted by molar-refractivity contribution is -0.209. The molecular formula is C20H34O4. The van der Waals surface area contributed by atoms with Crippen LogP contribution in [0.1, 0.15) is 66.2 Å². The zero-order valence-corrected chi connectivity index (χ0v) is 15.6. The van der Waals surface area contributed by atoms with Gasteiger partial charge in [-0.3, -0.25) is 0 Å². The predicted molar refractivity (Wildman–Crippen MR) is 95.7 cm³/mol. The van der Waals surface area contributed by atoms with Gasteiger partial charge in [0.15, 0.2) is 0 Å². The number of aliphatic hydroxyl groups excluding tert-OH is 2. The van der Waals surface area contributed by atoms with Gasteiger partial charge < -0.3 is 20.1 Å². The Hall–Kier alpha value is -0.680. The van der Waals surface area contributed by atoms with Crippen LogP contribution >= 0.6 is 0 Å². The second-order valence-corrected chi connectivity index (χ2v) is 8.21. The van der Waals surface area contributed by atoms with Gasteiger partial charge in [0, 0.05) is 5.92 Å². The van der Waals surface area contributed by atoms with Crippen LogP contribution in [-0.4, -0.2) is 45.3 Å². The van der Waals surface area contributed by atoms with Gasteiger partial charge in [-0.15, -0.1) is 0 Å². The normalized spacial score (nSPS) is 38.2. The summed E-state index contributed by atoms with van der Waals surface area (Å²) in [6, 6.07) is 0. The van der Waals surface area contributed by atoms with E-state index in [9.17, 15) is 15.3 Å². The highest BCUT2D eigenvalue weighted by Gasteiger charge is 2.47. The molecule has 24 heavy (non-hydrogen) atoms. The molecule has 0 amide bonds. The molecular weight excluding hydrogens is 304 g/mol. The van der Waals surface area contributed by atoms with Crippen LogP contribution in [0.15, 0.2) is 23.3 Å². The minimum atomic E-state index is -1.18. The average molecular weight is 338 g/mol. The fraction of sp³-hybridized carbons (Fsp3) is 0.800. The van der Waals surface area contributed by atoms with E-state index in [1.54, 1.807) is 6.92 Å². The first-order valence-electron chi connectivity index (χ1n) is 9.20. The van der Waals surface area contributed by atoms with Gasteiger partial charge in [-0.05, 0) is 66.2 Å². The Bertz CT molecular complexity index is 494. The third-order valence-corrected chi connectivity index (χ3v) is 5.87. The first-order chi connectivity index (χ1) is 11.2. The van der Waals surface area contributed by atoms with Crippen molar-refractivity contribution in [2.75, 3.05) is 6.61 Å². The minimum absolute atomic E-state index is 0.169. The monoisotopic (exact) mass is 338 g/mol. The molecule has 2 bridgehead atoms. The van der Waals surface area contributed by atoms with Crippen molar-refractivity contribution in [3.63, 3.8) is 0 Å². The van der Waals surface area contributed by atoms with Crippen LogP contribution in [0.4, 0.5) is 0 Å². The zero-order chi connectivity index (χ0) is 18.0. The Morgan fingerprint density at radius 3 is 2.62 bits per heavy atom. The summed E-state index contributed by atoms with van der Waals surface area (Å²) in [6.07, 6.45) is 8.45. The van der Waals surface area contributed by atoms with Gasteiger partial charge in [0.1, 0.15) is 0 Å². The molecule has 2 aliphatic heterocycles. The topological polar surface area (TPSA) is 69.9 Å². The summed E-state index contributed by atoms with van der Waals surface area (Å²) in [5.74, 6) is -0.169.